The molecule has 1 amide bonds. The van der Waals surface area contributed by atoms with E-state index in [1.807, 2.05) is 54.2 Å². The zero-order valence-electron chi connectivity index (χ0n) is 14.7. The SMILES string of the molecule is Cc1nc(NCCNC(=O)c2ccc3ncsc3c2)cc(-n2cccc2)n1. The molecular weight excluding hydrogens is 360 g/mol. The number of amides is 1. The number of hydrogen-bond acceptors (Lipinski definition) is 6. The molecule has 3 aromatic heterocycles. The number of carbonyl (C=O) groups is 1. The Morgan fingerprint density at radius 1 is 1.15 bits per heavy atom. The van der Waals surface area contributed by atoms with Crippen LogP contribution in [0.15, 0.2) is 54.3 Å². The lowest BCUT2D eigenvalue weighted by atomic mass is 10.2. The van der Waals surface area contributed by atoms with Crippen LogP contribution in [0.5, 0.6) is 0 Å². The van der Waals surface area contributed by atoms with Crippen LogP contribution in [0.4, 0.5) is 5.82 Å². The van der Waals surface area contributed by atoms with E-state index in [0.717, 1.165) is 21.9 Å². The Hall–Kier alpha value is -3.26. The van der Waals surface area contributed by atoms with Crippen LogP contribution < -0.4 is 10.6 Å². The van der Waals surface area contributed by atoms with Crippen LogP contribution in [-0.4, -0.2) is 38.5 Å². The standard InChI is InChI=1S/C19H18N6OS/c1-13-23-17(11-18(24-13)25-8-2-3-9-25)20-6-7-21-19(26)14-4-5-15-16(10-14)27-12-22-15/h2-5,8-12H,6-7H2,1H3,(H,21,26)(H,20,23,24). The maximum atomic E-state index is 12.3. The molecule has 0 unspecified atom stereocenters. The van der Waals surface area contributed by atoms with Gasteiger partial charge in [0.15, 0.2) is 0 Å². The zero-order valence-corrected chi connectivity index (χ0v) is 15.5. The minimum atomic E-state index is -0.0981. The first-order valence-electron chi connectivity index (χ1n) is 8.53. The highest BCUT2D eigenvalue weighted by molar-refractivity contribution is 7.16. The highest BCUT2D eigenvalue weighted by Crippen LogP contribution is 2.19. The highest BCUT2D eigenvalue weighted by atomic mass is 32.1. The molecule has 0 saturated heterocycles. The van der Waals surface area contributed by atoms with Crippen LogP contribution in [-0.2, 0) is 0 Å². The summed E-state index contributed by atoms with van der Waals surface area (Å²) in [6, 6.07) is 11.3. The first-order valence-corrected chi connectivity index (χ1v) is 9.41. The summed E-state index contributed by atoms with van der Waals surface area (Å²) in [5.74, 6) is 2.12. The van der Waals surface area contributed by atoms with E-state index in [-0.39, 0.29) is 5.91 Å². The van der Waals surface area contributed by atoms with Crippen molar-refractivity contribution in [1.82, 2.24) is 24.8 Å². The van der Waals surface area contributed by atoms with Crippen LogP contribution in [0.3, 0.4) is 0 Å². The number of carbonyl (C=O) groups excluding carboxylic acids is 1. The highest BCUT2D eigenvalue weighted by Gasteiger charge is 2.07. The van der Waals surface area contributed by atoms with Crippen molar-refractivity contribution in [3.8, 4) is 5.82 Å². The minimum Gasteiger partial charge on any atom is -0.368 e. The van der Waals surface area contributed by atoms with Gasteiger partial charge in [-0.3, -0.25) is 4.79 Å². The molecule has 0 bridgehead atoms. The third-order valence-electron chi connectivity index (χ3n) is 4.00. The monoisotopic (exact) mass is 378 g/mol. The number of hydrogen-bond donors (Lipinski definition) is 2. The smallest absolute Gasteiger partial charge is 0.251 e. The fourth-order valence-electron chi connectivity index (χ4n) is 2.73. The van der Waals surface area contributed by atoms with Gasteiger partial charge in [0.05, 0.1) is 15.7 Å². The summed E-state index contributed by atoms with van der Waals surface area (Å²) in [6.45, 7) is 2.91. The van der Waals surface area contributed by atoms with E-state index in [1.54, 1.807) is 11.6 Å². The summed E-state index contributed by atoms with van der Waals surface area (Å²) < 4.78 is 2.94. The molecule has 0 fully saturated rings. The van der Waals surface area contributed by atoms with Crippen molar-refractivity contribution in [2.75, 3.05) is 18.4 Å². The third kappa shape index (κ3) is 3.95. The second kappa shape index (κ2) is 7.55. The van der Waals surface area contributed by atoms with Gasteiger partial charge in [0.25, 0.3) is 5.91 Å². The molecule has 1 aromatic carbocycles. The maximum absolute atomic E-state index is 12.3. The first-order chi connectivity index (χ1) is 13.2. The van der Waals surface area contributed by atoms with Gasteiger partial charge >= 0.3 is 0 Å². The Morgan fingerprint density at radius 2 is 2.00 bits per heavy atom. The van der Waals surface area contributed by atoms with Crippen LogP contribution in [0.1, 0.15) is 16.2 Å². The second-order valence-corrected chi connectivity index (χ2v) is 6.85. The van der Waals surface area contributed by atoms with Crippen LogP contribution in [0.2, 0.25) is 0 Å². The predicted molar refractivity (Wildman–Crippen MR) is 107 cm³/mol. The number of thiazole rings is 1. The van der Waals surface area contributed by atoms with E-state index in [2.05, 4.69) is 25.6 Å². The summed E-state index contributed by atoms with van der Waals surface area (Å²) in [7, 11) is 0. The molecule has 27 heavy (non-hydrogen) atoms. The summed E-state index contributed by atoms with van der Waals surface area (Å²) in [5, 5.41) is 6.15. The summed E-state index contributed by atoms with van der Waals surface area (Å²) in [6.07, 6.45) is 3.87. The maximum Gasteiger partial charge on any atom is 0.251 e. The molecule has 4 aromatic rings. The van der Waals surface area contributed by atoms with Crippen molar-refractivity contribution in [2.24, 2.45) is 0 Å². The molecule has 0 radical (unpaired) electrons. The van der Waals surface area contributed by atoms with E-state index >= 15 is 0 Å². The van der Waals surface area contributed by atoms with E-state index < -0.39 is 0 Å². The second-order valence-electron chi connectivity index (χ2n) is 5.97. The number of benzene rings is 1. The lowest BCUT2D eigenvalue weighted by Crippen LogP contribution is -2.28. The summed E-state index contributed by atoms with van der Waals surface area (Å²) in [4.78, 5) is 25.3. The predicted octanol–water partition coefficient (Wildman–Crippen LogP) is 3.03. The fraction of sp³-hybridized carbons (Fsp3) is 0.158. The number of nitrogens with zero attached hydrogens (tertiary/aromatic N) is 4. The first kappa shape index (κ1) is 17.2. The van der Waals surface area contributed by atoms with Crippen LogP contribution in [0, 0.1) is 6.92 Å². The average Bonchev–Trinajstić information content (AvgIpc) is 3.35. The zero-order chi connectivity index (χ0) is 18.6. The number of nitrogens with one attached hydrogen (secondary N) is 2. The topological polar surface area (TPSA) is 84.7 Å². The third-order valence-corrected chi connectivity index (χ3v) is 4.80. The molecule has 0 aliphatic heterocycles. The Morgan fingerprint density at radius 3 is 2.85 bits per heavy atom. The molecule has 0 saturated carbocycles. The molecule has 0 atom stereocenters. The van der Waals surface area contributed by atoms with Crippen molar-refractivity contribution in [3.63, 3.8) is 0 Å². The van der Waals surface area contributed by atoms with E-state index in [4.69, 9.17) is 0 Å². The number of aromatic nitrogens is 4. The lowest BCUT2D eigenvalue weighted by Gasteiger charge is -2.10. The minimum absolute atomic E-state index is 0.0981. The molecular formula is C19H18N6OS. The fourth-order valence-corrected chi connectivity index (χ4v) is 3.44. The van der Waals surface area contributed by atoms with Crippen molar-refractivity contribution in [3.05, 3.63) is 65.7 Å². The molecule has 0 aliphatic rings. The van der Waals surface area contributed by atoms with Gasteiger partial charge in [0, 0.05) is 37.1 Å². The Labute approximate surface area is 160 Å². The van der Waals surface area contributed by atoms with Crippen LogP contribution in [0.25, 0.3) is 16.0 Å². The molecule has 136 valence electrons. The van der Waals surface area contributed by atoms with Crippen molar-refractivity contribution in [2.45, 2.75) is 6.92 Å². The van der Waals surface area contributed by atoms with Gasteiger partial charge in [-0.1, -0.05) is 0 Å². The van der Waals surface area contributed by atoms with Gasteiger partial charge in [0.2, 0.25) is 0 Å². The Kier molecular flexibility index (Phi) is 4.80. The van der Waals surface area contributed by atoms with Crippen molar-refractivity contribution >= 4 is 33.3 Å². The largest absolute Gasteiger partial charge is 0.368 e. The van der Waals surface area contributed by atoms with Gasteiger partial charge in [-0.15, -0.1) is 11.3 Å². The average molecular weight is 378 g/mol. The molecule has 2 N–H and O–H groups in total. The van der Waals surface area contributed by atoms with Crippen molar-refractivity contribution < 1.29 is 4.79 Å². The number of rotatable bonds is 6. The molecule has 4 rings (SSSR count). The van der Waals surface area contributed by atoms with Gasteiger partial charge < -0.3 is 15.2 Å². The Bertz CT molecular complexity index is 1070. The molecule has 7 nitrogen and oxygen atoms in total. The molecule has 0 aliphatic carbocycles. The number of fused-ring (bicyclic) bond motifs is 1. The number of anilines is 1. The normalized spacial score (nSPS) is 10.9. The quantitative estimate of drug-likeness (QED) is 0.504. The summed E-state index contributed by atoms with van der Waals surface area (Å²) in [5.41, 5.74) is 3.33. The van der Waals surface area contributed by atoms with Gasteiger partial charge in [0.1, 0.15) is 17.5 Å². The van der Waals surface area contributed by atoms with E-state index in [1.165, 1.54) is 11.3 Å². The summed E-state index contributed by atoms with van der Waals surface area (Å²) >= 11 is 1.53. The molecule has 0 spiro atoms. The van der Waals surface area contributed by atoms with Gasteiger partial charge in [-0.05, 0) is 37.3 Å². The molecule has 3 heterocycles. The van der Waals surface area contributed by atoms with Gasteiger partial charge in [-0.2, -0.15) is 0 Å². The number of aryl methyl sites for hydroxylation is 1. The molecule has 8 heteroatoms. The van der Waals surface area contributed by atoms with E-state index in [0.29, 0.717) is 24.5 Å². The lowest BCUT2D eigenvalue weighted by molar-refractivity contribution is 0.0955. The van der Waals surface area contributed by atoms with Gasteiger partial charge in [-0.25, -0.2) is 15.0 Å². The van der Waals surface area contributed by atoms with Crippen LogP contribution >= 0.6 is 11.3 Å². The van der Waals surface area contributed by atoms with E-state index in [9.17, 15) is 4.79 Å². The Balaban J connectivity index is 1.34. The van der Waals surface area contributed by atoms with Crippen molar-refractivity contribution in [1.29, 1.82) is 0 Å².